The maximum Gasteiger partial charge on any atom is 0.326 e. The normalized spacial score (nSPS) is 18.8. The van der Waals surface area contributed by atoms with Gasteiger partial charge in [0.2, 0.25) is 5.91 Å². The molecule has 2 aliphatic rings. The van der Waals surface area contributed by atoms with Gasteiger partial charge in [0, 0.05) is 22.6 Å². The van der Waals surface area contributed by atoms with Gasteiger partial charge in [-0.1, -0.05) is 51.8 Å². The molecule has 0 aliphatic carbocycles. The smallest absolute Gasteiger partial charge is 0.326 e. The molecule has 0 radical (unpaired) electrons. The molecule has 3 aromatic rings. The summed E-state index contributed by atoms with van der Waals surface area (Å²) in [5.41, 5.74) is 2.75. The van der Waals surface area contributed by atoms with Crippen LogP contribution in [0.15, 0.2) is 76.2 Å². The highest BCUT2D eigenvalue weighted by Crippen LogP contribution is 2.45. The van der Waals surface area contributed by atoms with Crippen molar-refractivity contribution < 1.29 is 14.3 Å². The molecule has 40 heavy (non-hydrogen) atoms. The van der Waals surface area contributed by atoms with Crippen molar-refractivity contribution in [3.05, 3.63) is 98.5 Å². The van der Waals surface area contributed by atoms with Crippen LogP contribution in [0, 0.1) is 11.3 Å². The van der Waals surface area contributed by atoms with Gasteiger partial charge < -0.3 is 15.0 Å². The van der Waals surface area contributed by atoms with Crippen molar-refractivity contribution in [1.29, 1.82) is 5.26 Å². The summed E-state index contributed by atoms with van der Waals surface area (Å²) in [6.07, 6.45) is -0.183. The molecule has 0 bridgehead atoms. The lowest BCUT2D eigenvalue weighted by Crippen LogP contribution is -2.55. The lowest BCUT2D eigenvalue weighted by molar-refractivity contribution is -0.123. The van der Waals surface area contributed by atoms with E-state index in [0.717, 1.165) is 15.6 Å². The highest BCUT2D eigenvalue weighted by atomic mass is 79.9. The van der Waals surface area contributed by atoms with Crippen molar-refractivity contribution in [1.82, 2.24) is 15.1 Å². The molecule has 2 unspecified atom stereocenters. The van der Waals surface area contributed by atoms with Gasteiger partial charge in [-0.3, -0.25) is 14.7 Å². The molecule has 2 aliphatic heterocycles. The predicted molar refractivity (Wildman–Crippen MR) is 156 cm³/mol. The predicted octanol–water partition coefficient (Wildman–Crippen LogP) is 5.86. The molecule has 3 amide bonds. The third kappa shape index (κ3) is 5.69. The molecule has 1 fully saturated rings. The summed E-state index contributed by atoms with van der Waals surface area (Å²) in [6.45, 7) is 4.48. The Balaban J connectivity index is 1.72. The van der Waals surface area contributed by atoms with E-state index < -0.39 is 12.1 Å². The quantitative estimate of drug-likeness (QED) is 0.387. The summed E-state index contributed by atoms with van der Waals surface area (Å²) in [5, 5.41) is 12.9. The highest BCUT2D eigenvalue weighted by Gasteiger charge is 2.45. The van der Waals surface area contributed by atoms with E-state index >= 15 is 0 Å². The zero-order valence-corrected chi connectivity index (χ0v) is 24.3. The topological polar surface area (TPSA) is 98.0 Å². The zero-order valence-electron chi connectivity index (χ0n) is 22.0. The van der Waals surface area contributed by atoms with Crippen molar-refractivity contribution in [2.24, 2.45) is 4.99 Å². The van der Waals surface area contributed by atoms with Gasteiger partial charge in [0.15, 0.2) is 0 Å². The number of aliphatic imine (C=N–C) groups is 1. The number of hydrogen-bond acceptors (Lipinski definition) is 5. The van der Waals surface area contributed by atoms with Crippen LogP contribution in [0.5, 0.6) is 5.75 Å². The number of carbonyl (C=O) groups is 2. The Morgan fingerprint density at radius 2 is 1.93 bits per heavy atom. The number of ether oxygens (including phenoxy) is 1. The summed E-state index contributed by atoms with van der Waals surface area (Å²) in [6, 6.07) is 21.1. The third-order valence-electron chi connectivity index (χ3n) is 6.70. The van der Waals surface area contributed by atoms with E-state index in [2.05, 4.69) is 27.3 Å². The Morgan fingerprint density at radius 1 is 1.15 bits per heavy atom. The second-order valence-electron chi connectivity index (χ2n) is 9.86. The first-order chi connectivity index (χ1) is 19.2. The van der Waals surface area contributed by atoms with Crippen LogP contribution in [0.1, 0.15) is 48.2 Å². The molecule has 0 saturated carbocycles. The highest BCUT2D eigenvalue weighted by molar-refractivity contribution is 9.10. The third-order valence-corrected chi connectivity index (χ3v) is 7.44. The van der Waals surface area contributed by atoms with Crippen LogP contribution >= 0.6 is 27.5 Å². The van der Waals surface area contributed by atoms with E-state index in [4.69, 9.17) is 21.3 Å². The Morgan fingerprint density at radius 3 is 2.60 bits per heavy atom. The maximum atomic E-state index is 14.4. The molecule has 204 valence electrons. The van der Waals surface area contributed by atoms with Crippen molar-refractivity contribution >= 4 is 45.3 Å². The van der Waals surface area contributed by atoms with Crippen LogP contribution < -0.4 is 10.1 Å². The zero-order chi connectivity index (χ0) is 28.4. The first-order valence-electron chi connectivity index (χ1n) is 12.9. The number of amides is 3. The Hall–Kier alpha value is -3.87. The van der Waals surface area contributed by atoms with Crippen molar-refractivity contribution in [3.8, 4) is 11.8 Å². The van der Waals surface area contributed by atoms with Crippen LogP contribution in [0.3, 0.4) is 0 Å². The van der Waals surface area contributed by atoms with Crippen LogP contribution in [0.25, 0.3) is 0 Å². The number of nitrogens with one attached hydrogen (secondary N) is 1. The Bertz CT molecular complexity index is 1520. The van der Waals surface area contributed by atoms with Crippen LogP contribution in [0.2, 0.25) is 5.02 Å². The standard InChI is InChI=1S/C30H27BrClN5O3/c1-18(2)40-25-14-19(16-33)6-11-24(25)29-35-27(20-7-9-23(32)10-8-20)28(21-4-3-5-22(31)15-21)37(29)30(39)36-13-12-34-26(38)17-36/h3-11,14-15,18,27-28H,12-13,17H2,1-2H3,(H,34,38). The monoisotopic (exact) mass is 619 g/mol. The van der Waals surface area contributed by atoms with E-state index in [1.54, 1.807) is 35.2 Å². The van der Waals surface area contributed by atoms with E-state index in [9.17, 15) is 14.9 Å². The van der Waals surface area contributed by atoms with Gasteiger partial charge in [0.1, 0.15) is 24.2 Å². The van der Waals surface area contributed by atoms with Gasteiger partial charge in [0.25, 0.3) is 0 Å². The number of amidine groups is 1. The summed E-state index contributed by atoms with van der Waals surface area (Å²) >= 11 is 9.79. The van der Waals surface area contributed by atoms with E-state index in [1.807, 2.05) is 50.2 Å². The first kappa shape index (κ1) is 27.7. The van der Waals surface area contributed by atoms with Crippen molar-refractivity contribution in [3.63, 3.8) is 0 Å². The molecule has 2 heterocycles. The summed E-state index contributed by atoms with van der Waals surface area (Å²) in [5.74, 6) is 0.639. The number of nitriles is 1. The number of urea groups is 1. The van der Waals surface area contributed by atoms with Gasteiger partial charge in [0.05, 0.1) is 29.3 Å². The minimum Gasteiger partial charge on any atom is -0.490 e. The minimum atomic E-state index is -0.534. The van der Waals surface area contributed by atoms with E-state index in [0.29, 0.717) is 40.8 Å². The maximum absolute atomic E-state index is 14.4. The average molecular weight is 621 g/mol. The number of rotatable bonds is 5. The molecule has 1 saturated heterocycles. The average Bonchev–Trinajstić information content (AvgIpc) is 3.33. The summed E-state index contributed by atoms with van der Waals surface area (Å²) in [4.78, 5) is 35.0. The van der Waals surface area contributed by atoms with E-state index in [1.165, 1.54) is 4.90 Å². The molecular formula is C30H27BrClN5O3. The van der Waals surface area contributed by atoms with Crippen LogP contribution in [0.4, 0.5) is 4.79 Å². The summed E-state index contributed by atoms with van der Waals surface area (Å²) < 4.78 is 7.00. The van der Waals surface area contributed by atoms with Gasteiger partial charge in [-0.2, -0.15) is 5.26 Å². The molecule has 0 spiro atoms. The molecule has 2 atom stereocenters. The molecule has 0 aromatic heterocycles. The second-order valence-corrected chi connectivity index (χ2v) is 11.2. The number of piperazine rings is 1. The number of hydrogen-bond donors (Lipinski definition) is 1. The Kier molecular flexibility index (Phi) is 8.10. The Labute approximate surface area is 246 Å². The molecule has 10 heteroatoms. The van der Waals surface area contributed by atoms with Gasteiger partial charge >= 0.3 is 6.03 Å². The second kappa shape index (κ2) is 11.7. The number of nitrogens with zero attached hydrogens (tertiary/aromatic N) is 4. The summed E-state index contributed by atoms with van der Waals surface area (Å²) in [7, 11) is 0. The fraction of sp³-hybridized carbons (Fsp3) is 0.267. The SMILES string of the molecule is CC(C)Oc1cc(C#N)ccc1C1=NC(c2ccc(Cl)cc2)C(c2cccc(Br)c2)N1C(=O)N1CCNC(=O)C1. The van der Waals surface area contributed by atoms with E-state index in [-0.39, 0.29) is 24.6 Å². The fourth-order valence-electron chi connectivity index (χ4n) is 4.97. The largest absolute Gasteiger partial charge is 0.490 e. The van der Waals surface area contributed by atoms with Crippen LogP contribution in [-0.2, 0) is 4.79 Å². The van der Waals surface area contributed by atoms with Crippen LogP contribution in [-0.4, -0.2) is 53.3 Å². The van der Waals surface area contributed by atoms with Crippen molar-refractivity contribution in [2.45, 2.75) is 32.0 Å². The van der Waals surface area contributed by atoms with Gasteiger partial charge in [-0.25, -0.2) is 4.79 Å². The fourth-order valence-corrected chi connectivity index (χ4v) is 5.51. The molecule has 8 nitrogen and oxygen atoms in total. The number of carbonyl (C=O) groups excluding carboxylic acids is 2. The molecule has 5 rings (SSSR count). The first-order valence-corrected chi connectivity index (χ1v) is 14.1. The number of benzene rings is 3. The van der Waals surface area contributed by atoms with Crippen molar-refractivity contribution in [2.75, 3.05) is 19.6 Å². The minimum absolute atomic E-state index is 0.0534. The molecule has 1 N–H and O–H groups in total. The van der Waals surface area contributed by atoms with Gasteiger partial charge in [-0.05, 0) is 67.4 Å². The number of halogens is 2. The molecular weight excluding hydrogens is 594 g/mol. The molecule has 3 aromatic carbocycles. The lowest BCUT2D eigenvalue weighted by Gasteiger charge is -2.36. The van der Waals surface area contributed by atoms with Gasteiger partial charge in [-0.15, -0.1) is 0 Å². The lowest BCUT2D eigenvalue weighted by atomic mass is 9.93.